The van der Waals surface area contributed by atoms with E-state index in [0.29, 0.717) is 5.56 Å². The van der Waals surface area contributed by atoms with Gasteiger partial charge in [-0.2, -0.15) is 0 Å². The number of carbonyl (C=O) groups excluding carboxylic acids is 1. The normalized spacial score (nSPS) is 16.5. The molecule has 0 bridgehead atoms. The number of pyridine rings is 1. The van der Waals surface area contributed by atoms with E-state index < -0.39 is 5.97 Å². The zero-order valence-corrected chi connectivity index (χ0v) is 14.5. The number of aromatic carboxylic acids is 1. The lowest BCUT2D eigenvalue weighted by Gasteiger charge is -2.30. The predicted octanol–water partition coefficient (Wildman–Crippen LogP) is 2.95. The summed E-state index contributed by atoms with van der Waals surface area (Å²) in [5.41, 5.74) is 1.45. The summed E-state index contributed by atoms with van der Waals surface area (Å²) in [6, 6.07) is 2.90. The van der Waals surface area contributed by atoms with Crippen LogP contribution in [0.5, 0.6) is 0 Å². The molecule has 0 aliphatic heterocycles. The Hall–Kier alpha value is -2.28. The summed E-state index contributed by atoms with van der Waals surface area (Å²) in [7, 11) is 1.79. The monoisotopic (exact) mass is 345 g/mol. The van der Waals surface area contributed by atoms with Gasteiger partial charge < -0.3 is 10.0 Å². The zero-order chi connectivity index (χ0) is 17.3. The number of rotatable bonds is 4. The van der Waals surface area contributed by atoms with E-state index in [1.54, 1.807) is 23.3 Å². The van der Waals surface area contributed by atoms with Crippen LogP contribution in [0.25, 0.3) is 0 Å². The van der Waals surface area contributed by atoms with Crippen LogP contribution in [0.3, 0.4) is 0 Å². The van der Waals surface area contributed by atoms with Crippen molar-refractivity contribution in [2.24, 2.45) is 0 Å². The van der Waals surface area contributed by atoms with Gasteiger partial charge in [-0.15, -0.1) is 11.3 Å². The van der Waals surface area contributed by atoms with Gasteiger partial charge in [0, 0.05) is 13.2 Å². The van der Waals surface area contributed by atoms with Crippen molar-refractivity contribution in [1.29, 1.82) is 0 Å². The highest BCUT2D eigenvalue weighted by Crippen LogP contribution is 2.38. The number of hydrogen-bond acceptors (Lipinski definition) is 5. The van der Waals surface area contributed by atoms with E-state index in [1.807, 2.05) is 0 Å². The predicted molar refractivity (Wildman–Crippen MR) is 90.5 cm³/mol. The zero-order valence-electron chi connectivity index (χ0n) is 13.7. The number of fused-ring (bicyclic) bond motifs is 1. The first-order valence-corrected chi connectivity index (χ1v) is 8.78. The highest BCUT2D eigenvalue weighted by Gasteiger charge is 2.30. The molecule has 1 aliphatic rings. The first-order valence-electron chi connectivity index (χ1n) is 7.96. The quantitative estimate of drug-likeness (QED) is 0.921. The van der Waals surface area contributed by atoms with Crippen LogP contribution in [0.4, 0.5) is 0 Å². The van der Waals surface area contributed by atoms with Crippen molar-refractivity contribution in [3.63, 3.8) is 0 Å². The van der Waals surface area contributed by atoms with E-state index >= 15 is 0 Å². The van der Waals surface area contributed by atoms with Crippen molar-refractivity contribution >= 4 is 23.2 Å². The molecule has 0 spiro atoms. The molecule has 1 unspecified atom stereocenters. The summed E-state index contributed by atoms with van der Waals surface area (Å²) < 4.78 is 0. The first kappa shape index (κ1) is 16.6. The Kier molecular flexibility index (Phi) is 4.62. The molecule has 1 aliphatic carbocycles. The van der Waals surface area contributed by atoms with Crippen LogP contribution in [0.2, 0.25) is 0 Å². The van der Waals surface area contributed by atoms with Gasteiger partial charge in [0.25, 0.3) is 5.91 Å². The molecule has 7 heteroatoms. The van der Waals surface area contributed by atoms with Crippen LogP contribution in [-0.4, -0.2) is 38.9 Å². The number of amides is 1. The standard InChI is InChI=1S/C17H19N3O3S/c1-3-14-19-11-5-4-6-13(15(11)24-14)20(2)16(21)10-7-8-12(17(22)23)18-9-10/h7-9,13H,3-6H2,1-2H3,(H,22,23). The molecule has 0 saturated heterocycles. The molecular formula is C17H19N3O3S. The SMILES string of the molecule is CCc1nc2c(s1)C(N(C)C(=O)c1ccc(C(=O)O)nc1)CCC2. The molecule has 24 heavy (non-hydrogen) atoms. The maximum atomic E-state index is 12.7. The van der Waals surface area contributed by atoms with Crippen LogP contribution in [0.15, 0.2) is 18.3 Å². The Morgan fingerprint density at radius 1 is 1.42 bits per heavy atom. The van der Waals surface area contributed by atoms with Crippen molar-refractivity contribution in [2.75, 3.05) is 7.05 Å². The van der Waals surface area contributed by atoms with Gasteiger partial charge in [0.15, 0.2) is 0 Å². The average Bonchev–Trinajstić information content (AvgIpc) is 3.03. The Bertz CT molecular complexity index is 770. The molecule has 0 radical (unpaired) electrons. The Balaban J connectivity index is 1.84. The number of aryl methyl sites for hydroxylation is 2. The van der Waals surface area contributed by atoms with Crippen LogP contribution in [0, 0.1) is 0 Å². The van der Waals surface area contributed by atoms with Crippen molar-refractivity contribution in [1.82, 2.24) is 14.9 Å². The minimum absolute atomic E-state index is 0.0261. The molecule has 126 valence electrons. The maximum absolute atomic E-state index is 12.7. The van der Waals surface area contributed by atoms with Gasteiger partial charge >= 0.3 is 5.97 Å². The molecule has 2 aromatic heterocycles. The van der Waals surface area contributed by atoms with Gasteiger partial charge in [0.2, 0.25) is 0 Å². The molecule has 1 amide bonds. The largest absolute Gasteiger partial charge is 0.477 e. The molecule has 6 nitrogen and oxygen atoms in total. The minimum Gasteiger partial charge on any atom is -0.477 e. The number of carboxylic acid groups (broad SMARTS) is 1. The third kappa shape index (κ3) is 3.03. The number of thiazole rings is 1. The fourth-order valence-electron chi connectivity index (χ4n) is 2.96. The van der Waals surface area contributed by atoms with E-state index in [2.05, 4.69) is 16.9 Å². The first-order chi connectivity index (χ1) is 11.5. The van der Waals surface area contributed by atoms with Crippen molar-refractivity contribution < 1.29 is 14.7 Å². The van der Waals surface area contributed by atoms with Crippen molar-refractivity contribution in [2.45, 2.75) is 38.6 Å². The smallest absolute Gasteiger partial charge is 0.354 e. The van der Waals surface area contributed by atoms with E-state index in [4.69, 9.17) is 5.11 Å². The van der Waals surface area contributed by atoms with E-state index in [9.17, 15) is 9.59 Å². The molecule has 2 heterocycles. The molecule has 0 aromatic carbocycles. The summed E-state index contributed by atoms with van der Waals surface area (Å²) in [5, 5.41) is 10.0. The summed E-state index contributed by atoms with van der Waals surface area (Å²) in [4.78, 5) is 35.0. The molecule has 1 atom stereocenters. The molecular weight excluding hydrogens is 326 g/mol. The summed E-state index contributed by atoms with van der Waals surface area (Å²) in [6.07, 6.45) is 5.14. The fraction of sp³-hybridized carbons (Fsp3) is 0.412. The van der Waals surface area contributed by atoms with Crippen LogP contribution < -0.4 is 0 Å². The van der Waals surface area contributed by atoms with Crippen LogP contribution >= 0.6 is 11.3 Å². The molecule has 0 fully saturated rings. The van der Waals surface area contributed by atoms with Crippen molar-refractivity contribution in [3.05, 3.63) is 45.2 Å². The van der Waals surface area contributed by atoms with E-state index in [1.165, 1.54) is 23.2 Å². The van der Waals surface area contributed by atoms with E-state index in [0.717, 1.165) is 36.4 Å². The Morgan fingerprint density at radius 3 is 2.83 bits per heavy atom. The summed E-state index contributed by atoms with van der Waals surface area (Å²) >= 11 is 1.69. The molecule has 1 N–H and O–H groups in total. The highest BCUT2D eigenvalue weighted by atomic mass is 32.1. The van der Waals surface area contributed by atoms with Gasteiger partial charge in [0.05, 0.1) is 27.2 Å². The lowest BCUT2D eigenvalue weighted by atomic mass is 9.96. The molecule has 0 saturated carbocycles. The number of aromatic nitrogens is 2. The number of carbonyl (C=O) groups is 2. The third-order valence-electron chi connectivity index (χ3n) is 4.29. The fourth-order valence-corrected chi connectivity index (χ4v) is 4.19. The minimum atomic E-state index is -1.10. The second kappa shape index (κ2) is 6.68. The topological polar surface area (TPSA) is 83.4 Å². The second-order valence-corrected chi connectivity index (χ2v) is 6.95. The van der Waals surface area contributed by atoms with Gasteiger partial charge in [0.1, 0.15) is 5.69 Å². The number of hydrogen-bond donors (Lipinski definition) is 1. The van der Waals surface area contributed by atoms with Gasteiger partial charge in [-0.05, 0) is 37.8 Å². The third-order valence-corrected chi connectivity index (χ3v) is 5.63. The van der Waals surface area contributed by atoms with Gasteiger partial charge in [-0.1, -0.05) is 6.92 Å². The van der Waals surface area contributed by atoms with E-state index in [-0.39, 0.29) is 17.6 Å². The van der Waals surface area contributed by atoms with Gasteiger partial charge in [-0.25, -0.2) is 14.8 Å². The highest BCUT2D eigenvalue weighted by molar-refractivity contribution is 7.11. The maximum Gasteiger partial charge on any atom is 0.354 e. The number of carboxylic acids is 1. The average molecular weight is 345 g/mol. The summed E-state index contributed by atoms with van der Waals surface area (Å²) in [5.74, 6) is -1.25. The Morgan fingerprint density at radius 2 is 2.21 bits per heavy atom. The Labute approximate surface area is 144 Å². The lowest BCUT2D eigenvalue weighted by Crippen LogP contribution is -2.32. The molecule has 3 rings (SSSR count). The second-order valence-electron chi connectivity index (χ2n) is 5.83. The van der Waals surface area contributed by atoms with Crippen molar-refractivity contribution in [3.8, 4) is 0 Å². The van der Waals surface area contributed by atoms with Crippen LogP contribution in [-0.2, 0) is 12.8 Å². The molecule has 2 aromatic rings. The van der Waals surface area contributed by atoms with Gasteiger partial charge in [-0.3, -0.25) is 4.79 Å². The van der Waals surface area contributed by atoms with Crippen LogP contribution in [0.1, 0.15) is 62.2 Å². The number of nitrogens with zero attached hydrogens (tertiary/aromatic N) is 3. The lowest BCUT2D eigenvalue weighted by molar-refractivity contribution is 0.0683. The summed E-state index contributed by atoms with van der Waals surface area (Å²) in [6.45, 7) is 2.09.